The van der Waals surface area contributed by atoms with Gasteiger partial charge in [-0.1, -0.05) is 6.07 Å². The fourth-order valence-corrected chi connectivity index (χ4v) is 2.05. The van der Waals surface area contributed by atoms with E-state index in [2.05, 4.69) is 0 Å². The molecule has 0 bridgehead atoms. The first kappa shape index (κ1) is 29.5. The van der Waals surface area contributed by atoms with Crippen molar-refractivity contribution in [2.75, 3.05) is 5.32 Å². The lowest BCUT2D eigenvalue weighted by atomic mass is 9.89. The van der Waals surface area contributed by atoms with Crippen molar-refractivity contribution < 1.29 is 79.4 Å². The molecule has 2 nitrogen and oxygen atoms in total. The van der Waals surface area contributed by atoms with Crippen LogP contribution < -0.4 is 5.32 Å². The number of carbonyl (C=O) groups is 1. The van der Waals surface area contributed by atoms with Crippen molar-refractivity contribution in [3.05, 3.63) is 30.1 Å². The summed E-state index contributed by atoms with van der Waals surface area (Å²) >= 11 is 0. The maximum atomic E-state index is 13.7. The lowest BCUT2D eigenvalue weighted by Crippen LogP contribution is -2.74. The van der Waals surface area contributed by atoms with Gasteiger partial charge in [-0.15, -0.1) is 0 Å². The highest BCUT2D eigenvalue weighted by molar-refractivity contribution is 5.97. The Labute approximate surface area is 175 Å². The van der Waals surface area contributed by atoms with E-state index in [0.717, 1.165) is 0 Å². The number of hydrogen-bond acceptors (Lipinski definition) is 1. The summed E-state index contributed by atoms with van der Waals surface area (Å²) in [7, 11) is 0. The molecule has 0 aromatic heterocycles. The minimum Gasteiger partial charge on any atom is -0.321 e. The van der Waals surface area contributed by atoms with E-state index in [9.17, 15) is 79.4 Å². The molecular formula is C15H6F17NO. The fourth-order valence-electron chi connectivity index (χ4n) is 2.05. The van der Waals surface area contributed by atoms with Crippen LogP contribution in [0.1, 0.15) is 0 Å². The van der Waals surface area contributed by atoms with Gasteiger partial charge in [0.25, 0.3) is 0 Å². The van der Waals surface area contributed by atoms with Gasteiger partial charge in [-0.3, -0.25) is 4.79 Å². The van der Waals surface area contributed by atoms with E-state index < -0.39 is 65.3 Å². The molecule has 1 amide bonds. The van der Waals surface area contributed by atoms with Gasteiger partial charge in [0.05, 0.1) is 0 Å². The molecule has 1 aromatic carbocycles. The number of rotatable bonds is 9. The molecule has 0 spiro atoms. The highest BCUT2D eigenvalue weighted by atomic mass is 19.4. The van der Waals surface area contributed by atoms with Crippen LogP contribution in [0.15, 0.2) is 24.3 Å². The molecular weight excluding hydrogens is 533 g/mol. The summed E-state index contributed by atoms with van der Waals surface area (Å²) < 4.78 is 224. The molecule has 1 N–H and O–H groups in total. The van der Waals surface area contributed by atoms with Crippen molar-refractivity contribution >= 4 is 11.6 Å². The zero-order valence-corrected chi connectivity index (χ0v) is 15.2. The molecule has 0 unspecified atom stereocenters. The Morgan fingerprint density at radius 1 is 0.676 bits per heavy atom. The maximum Gasteiger partial charge on any atom is 0.393 e. The molecule has 0 radical (unpaired) electrons. The predicted octanol–water partition coefficient (Wildman–Crippen LogP) is 6.48. The second-order valence-corrected chi connectivity index (χ2v) is 6.33. The lowest BCUT2D eigenvalue weighted by Gasteiger charge is -2.42. The van der Waals surface area contributed by atoms with Crippen molar-refractivity contribution in [1.82, 2.24) is 0 Å². The molecule has 0 saturated carbocycles. The van der Waals surface area contributed by atoms with E-state index in [1.165, 1.54) is 0 Å². The molecule has 0 atom stereocenters. The van der Waals surface area contributed by atoms with Crippen LogP contribution in [0.3, 0.4) is 0 Å². The van der Waals surface area contributed by atoms with Crippen LogP contribution in [0.4, 0.5) is 80.3 Å². The van der Waals surface area contributed by atoms with E-state index in [0.29, 0.717) is 23.5 Å². The third-order valence-corrected chi connectivity index (χ3v) is 4.03. The van der Waals surface area contributed by atoms with Gasteiger partial charge in [-0.25, -0.2) is 13.2 Å². The van der Waals surface area contributed by atoms with E-state index in [1.807, 2.05) is 0 Å². The van der Waals surface area contributed by atoms with Gasteiger partial charge in [0.2, 0.25) is 0 Å². The quantitative estimate of drug-likeness (QED) is 0.358. The molecule has 0 aliphatic heterocycles. The summed E-state index contributed by atoms with van der Waals surface area (Å²) in [6.07, 6.45) is -5.95. The molecule has 196 valence electrons. The molecule has 1 aromatic rings. The smallest absolute Gasteiger partial charge is 0.321 e. The average molecular weight is 539 g/mol. The lowest BCUT2D eigenvalue weighted by molar-refractivity contribution is -0.443. The first-order chi connectivity index (χ1) is 14.8. The maximum absolute atomic E-state index is 13.7. The van der Waals surface area contributed by atoms with Crippen LogP contribution in [-0.2, 0) is 4.79 Å². The first-order valence-corrected chi connectivity index (χ1v) is 7.84. The minimum absolute atomic E-state index is 0.0833. The van der Waals surface area contributed by atoms with Crippen LogP contribution in [0.2, 0.25) is 0 Å². The number of alkyl halides is 16. The summed E-state index contributed by atoms with van der Waals surface area (Å²) in [6.45, 7) is 0. The Bertz CT molecular complexity index is 910. The molecule has 0 aliphatic carbocycles. The third-order valence-electron chi connectivity index (χ3n) is 4.03. The van der Waals surface area contributed by atoms with Crippen LogP contribution >= 0.6 is 0 Å². The average Bonchev–Trinajstić information content (AvgIpc) is 2.66. The summed E-state index contributed by atoms with van der Waals surface area (Å²) in [5.74, 6) is -61.7. The van der Waals surface area contributed by atoms with Crippen molar-refractivity contribution in [2.45, 2.75) is 47.9 Å². The van der Waals surface area contributed by atoms with Gasteiger partial charge in [-0.2, -0.15) is 61.5 Å². The Kier molecular flexibility index (Phi) is 7.22. The van der Waals surface area contributed by atoms with Gasteiger partial charge in [-0.05, 0) is 18.2 Å². The zero-order valence-electron chi connectivity index (χ0n) is 15.2. The summed E-state index contributed by atoms with van der Waals surface area (Å²) in [6, 6.07) is 1.70. The molecule has 0 fully saturated rings. The first-order valence-electron chi connectivity index (χ1n) is 7.84. The third kappa shape index (κ3) is 3.99. The van der Waals surface area contributed by atoms with Crippen molar-refractivity contribution in [3.8, 4) is 0 Å². The predicted molar refractivity (Wildman–Crippen MR) is 75.7 cm³/mol. The Hall–Kier alpha value is -2.50. The number of halogens is 17. The number of carbonyl (C=O) groups excluding carboxylic acids is 1. The Morgan fingerprint density at radius 3 is 1.50 bits per heavy atom. The normalized spacial score (nSPS) is 15.0. The highest BCUT2D eigenvalue weighted by Crippen LogP contribution is 2.62. The molecule has 0 saturated heterocycles. The van der Waals surface area contributed by atoms with Crippen LogP contribution in [0.5, 0.6) is 0 Å². The fraction of sp³-hybridized carbons (Fsp3) is 0.533. The van der Waals surface area contributed by atoms with Gasteiger partial charge in [0, 0.05) is 5.69 Å². The largest absolute Gasteiger partial charge is 0.393 e. The SMILES string of the molecule is O=C(Nc1cccc(F)c1)C(F)(F)C(F)(F)C(F)(F)C(F)(F)C(F)(F)C(F)(F)C(F)(F)C(F)F. The van der Waals surface area contributed by atoms with E-state index in [-0.39, 0.29) is 6.07 Å². The van der Waals surface area contributed by atoms with Crippen LogP contribution in [0.25, 0.3) is 0 Å². The van der Waals surface area contributed by atoms with Crippen LogP contribution in [0, 0.1) is 5.82 Å². The summed E-state index contributed by atoms with van der Waals surface area (Å²) in [5, 5.41) is 0.619. The van der Waals surface area contributed by atoms with Gasteiger partial charge in [0.15, 0.2) is 0 Å². The summed E-state index contributed by atoms with van der Waals surface area (Å²) in [5.41, 5.74) is -1.20. The van der Waals surface area contributed by atoms with Gasteiger partial charge >= 0.3 is 53.8 Å². The molecule has 1 rings (SSSR count). The number of benzene rings is 1. The highest BCUT2D eigenvalue weighted by Gasteiger charge is 2.94. The van der Waals surface area contributed by atoms with Crippen LogP contribution in [-0.4, -0.2) is 53.8 Å². The molecule has 0 aliphatic rings. The van der Waals surface area contributed by atoms with Gasteiger partial charge in [0.1, 0.15) is 5.82 Å². The zero-order chi connectivity index (χ0) is 27.3. The second-order valence-electron chi connectivity index (χ2n) is 6.33. The monoisotopic (exact) mass is 539 g/mol. The van der Waals surface area contributed by atoms with Crippen molar-refractivity contribution in [3.63, 3.8) is 0 Å². The standard InChI is InChI=1S/C15H6F17NO/c16-5-2-1-3-6(4-5)33-8(34)10(21,22)12(25,26)14(29,30)15(31,32)13(27,28)11(23,24)9(19,20)7(17)18/h1-4,7H,(H,33,34). The second kappa shape index (κ2) is 8.31. The number of nitrogens with one attached hydrogen (secondary N) is 1. The molecule has 19 heteroatoms. The Balaban J connectivity index is 3.54. The topological polar surface area (TPSA) is 29.1 Å². The van der Waals surface area contributed by atoms with Crippen molar-refractivity contribution in [1.29, 1.82) is 0 Å². The number of amides is 1. The molecule has 0 heterocycles. The van der Waals surface area contributed by atoms with Gasteiger partial charge < -0.3 is 5.32 Å². The van der Waals surface area contributed by atoms with E-state index in [1.54, 1.807) is 0 Å². The molecule has 34 heavy (non-hydrogen) atoms. The number of hydrogen-bond donors (Lipinski definition) is 1. The number of anilines is 1. The van der Waals surface area contributed by atoms with E-state index in [4.69, 9.17) is 0 Å². The summed E-state index contributed by atoms with van der Waals surface area (Å²) in [4.78, 5) is 11.3. The minimum atomic E-state index is -8.60. The van der Waals surface area contributed by atoms with Crippen molar-refractivity contribution in [2.24, 2.45) is 0 Å². The Morgan fingerprint density at radius 2 is 1.09 bits per heavy atom. The van der Waals surface area contributed by atoms with E-state index >= 15 is 0 Å².